The Kier molecular flexibility index (Phi) is 4.39. The number of benzene rings is 1. The zero-order valence-electron chi connectivity index (χ0n) is 9.23. The lowest BCUT2D eigenvalue weighted by atomic mass is 10.2. The molecule has 0 aromatic heterocycles. The van der Waals surface area contributed by atoms with Gasteiger partial charge in [-0.3, -0.25) is 4.90 Å². The molecule has 0 aliphatic heterocycles. The van der Waals surface area contributed by atoms with Gasteiger partial charge in [-0.15, -0.1) is 0 Å². The first kappa shape index (κ1) is 11.8. The van der Waals surface area contributed by atoms with E-state index in [9.17, 15) is 5.11 Å². The van der Waals surface area contributed by atoms with Crippen LogP contribution >= 0.6 is 0 Å². The normalized spacial score (nSPS) is 10.9. The van der Waals surface area contributed by atoms with E-state index in [1.54, 1.807) is 19.2 Å². The lowest BCUT2D eigenvalue weighted by Gasteiger charge is -2.16. The molecule has 0 bridgehead atoms. The van der Waals surface area contributed by atoms with Crippen LogP contribution in [-0.2, 0) is 11.3 Å². The fraction of sp³-hybridized carbons (Fsp3) is 0.455. The van der Waals surface area contributed by atoms with E-state index in [0.717, 1.165) is 18.7 Å². The van der Waals surface area contributed by atoms with Gasteiger partial charge in [-0.05, 0) is 24.7 Å². The Morgan fingerprint density at radius 3 is 2.80 bits per heavy atom. The van der Waals surface area contributed by atoms with Crippen molar-refractivity contribution in [3.8, 4) is 5.75 Å². The van der Waals surface area contributed by atoms with Crippen molar-refractivity contribution in [1.82, 2.24) is 4.90 Å². The fourth-order valence-corrected chi connectivity index (χ4v) is 1.34. The standard InChI is InChI=1S/C11H18N2O2/c1-13(5-6-15-2)8-9-3-4-11(14)10(12)7-9/h3-4,7,14H,5-6,8,12H2,1-2H3. The Morgan fingerprint density at radius 2 is 2.20 bits per heavy atom. The Bertz CT molecular complexity index is 315. The highest BCUT2D eigenvalue weighted by atomic mass is 16.5. The van der Waals surface area contributed by atoms with Crippen molar-refractivity contribution in [2.75, 3.05) is 33.0 Å². The minimum atomic E-state index is 0.137. The summed E-state index contributed by atoms with van der Waals surface area (Å²) >= 11 is 0. The smallest absolute Gasteiger partial charge is 0.138 e. The van der Waals surface area contributed by atoms with Gasteiger partial charge in [-0.2, -0.15) is 0 Å². The molecular formula is C11H18N2O2. The van der Waals surface area contributed by atoms with E-state index >= 15 is 0 Å². The molecule has 3 N–H and O–H groups in total. The summed E-state index contributed by atoms with van der Waals surface area (Å²) in [6, 6.07) is 5.28. The van der Waals surface area contributed by atoms with Crippen molar-refractivity contribution in [3.63, 3.8) is 0 Å². The third-order valence-electron chi connectivity index (χ3n) is 2.22. The summed E-state index contributed by atoms with van der Waals surface area (Å²) in [5.41, 5.74) is 7.11. The number of phenolic OH excluding ortho intramolecular Hbond substituents is 1. The summed E-state index contributed by atoms with van der Waals surface area (Å²) < 4.78 is 4.99. The number of nitrogen functional groups attached to an aromatic ring is 1. The van der Waals surface area contributed by atoms with Gasteiger partial charge < -0.3 is 15.6 Å². The highest BCUT2D eigenvalue weighted by Gasteiger charge is 2.02. The second kappa shape index (κ2) is 5.58. The highest BCUT2D eigenvalue weighted by Crippen LogP contribution is 2.20. The molecule has 0 heterocycles. The van der Waals surface area contributed by atoms with Gasteiger partial charge in [0.1, 0.15) is 5.75 Å². The topological polar surface area (TPSA) is 58.7 Å². The van der Waals surface area contributed by atoms with Crippen LogP contribution in [-0.4, -0.2) is 37.3 Å². The van der Waals surface area contributed by atoms with Crippen molar-refractivity contribution < 1.29 is 9.84 Å². The van der Waals surface area contributed by atoms with Crippen molar-refractivity contribution >= 4 is 5.69 Å². The lowest BCUT2D eigenvalue weighted by Crippen LogP contribution is -2.22. The molecule has 1 aromatic rings. The number of methoxy groups -OCH3 is 1. The van der Waals surface area contributed by atoms with E-state index in [-0.39, 0.29) is 5.75 Å². The summed E-state index contributed by atoms with van der Waals surface area (Å²) in [6.07, 6.45) is 0. The number of aromatic hydroxyl groups is 1. The number of phenols is 1. The van der Waals surface area contributed by atoms with Gasteiger partial charge in [0.05, 0.1) is 12.3 Å². The van der Waals surface area contributed by atoms with E-state index in [4.69, 9.17) is 10.5 Å². The molecule has 0 saturated carbocycles. The maximum Gasteiger partial charge on any atom is 0.138 e. The first-order valence-corrected chi connectivity index (χ1v) is 4.88. The predicted octanol–water partition coefficient (Wildman–Crippen LogP) is 1.05. The maximum absolute atomic E-state index is 9.26. The summed E-state index contributed by atoms with van der Waals surface area (Å²) in [5, 5.41) is 9.26. The van der Waals surface area contributed by atoms with Crippen LogP contribution < -0.4 is 5.73 Å². The van der Waals surface area contributed by atoms with Gasteiger partial charge in [0, 0.05) is 20.2 Å². The van der Waals surface area contributed by atoms with Crippen molar-refractivity contribution in [3.05, 3.63) is 23.8 Å². The van der Waals surface area contributed by atoms with Crippen LogP contribution in [0.1, 0.15) is 5.56 Å². The van der Waals surface area contributed by atoms with Gasteiger partial charge in [-0.1, -0.05) is 6.07 Å². The molecule has 1 aromatic carbocycles. The quantitative estimate of drug-likeness (QED) is 0.563. The first-order valence-electron chi connectivity index (χ1n) is 4.88. The molecular weight excluding hydrogens is 192 g/mol. The molecule has 0 spiro atoms. The predicted molar refractivity (Wildman–Crippen MR) is 60.7 cm³/mol. The number of hydrogen-bond acceptors (Lipinski definition) is 4. The number of nitrogens with two attached hydrogens (primary N) is 1. The van der Waals surface area contributed by atoms with Gasteiger partial charge in [-0.25, -0.2) is 0 Å². The Balaban J connectivity index is 2.53. The van der Waals surface area contributed by atoms with Crippen LogP contribution in [0.4, 0.5) is 5.69 Å². The molecule has 1 rings (SSSR count). The van der Waals surface area contributed by atoms with E-state index in [0.29, 0.717) is 12.3 Å². The molecule has 4 heteroatoms. The van der Waals surface area contributed by atoms with E-state index in [1.807, 2.05) is 13.1 Å². The monoisotopic (exact) mass is 210 g/mol. The van der Waals surface area contributed by atoms with Gasteiger partial charge in [0.2, 0.25) is 0 Å². The van der Waals surface area contributed by atoms with Gasteiger partial charge in [0.25, 0.3) is 0 Å². The molecule has 15 heavy (non-hydrogen) atoms. The van der Waals surface area contributed by atoms with Gasteiger partial charge in [0.15, 0.2) is 0 Å². The number of hydrogen-bond donors (Lipinski definition) is 2. The Morgan fingerprint density at radius 1 is 1.47 bits per heavy atom. The minimum absolute atomic E-state index is 0.137. The van der Waals surface area contributed by atoms with Crippen molar-refractivity contribution in [1.29, 1.82) is 0 Å². The zero-order chi connectivity index (χ0) is 11.3. The SMILES string of the molecule is COCCN(C)Cc1ccc(O)c(N)c1. The van der Waals surface area contributed by atoms with Crippen LogP contribution in [0.15, 0.2) is 18.2 Å². The third-order valence-corrected chi connectivity index (χ3v) is 2.22. The Labute approximate surface area is 90.3 Å². The van der Waals surface area contributed by atoms with E-state index < -0.39 is 0 Å². The minimum Gasteiger partial charge on any atom is -0.506 e. The maximum atomic E-state index is 9.26. The van der Waals surface area contributed by atoms with Crippen molar-refractivity contribution in [2.24, 2.45) is 0 Å². The van der Waals surface area contributed by atoms with Crippen molar-refractivity contribution in [2.45, 2.75) is 6.54 Å². The van der Waals surface area contributed by atoms with Crippen LogP contribution in [0.2, 0.25) is 0 Å². The molecule has 0 amide bonds. The molecule has 84 valence electrons. The molecule has 0 saturated heterocycles. The summed E-state index contributed by atoms with van der Waals surface area (Å²) in [6.45, 7) is 2.38. The van der Waals surface area contributed by atoms with Crippen LogP contribution in [0, 0.1) is 0 Å². The number of likely N-dealkylation sites (N-methyl/N-ethyl adjacent to an activating group) is 1. The third kappa shape index (κ3) is 3.77. The summed E-state index contributed by atoms with van der Waals surface area (Å²) in [7, 11) is 3.70. The number of nitrogens with zero attached hydrogens (tertiary/aromatic N) is 1. The fourth-order valence-electron chi connectivity index (χ4n) is 1.34. The number of rotatable bonds is 5. The molecule has 4 nitrogen and oxygen atoms in total. The molecule has 0 unspecified atom stereocenters. The largest absolute Gasteiger partial charge is 0.506 e. The molecule has 0 atom stereocenters. The first-order chi connectivity index (χ1) is 7.13. The zero-order valence-corrected chi connectivity index (χ0v) is 9.23. The highest BCUT2D eigenvalue weighted by molar-refractivity contribution is 5.53. The number of anilines is 1. The molecule has 0 aliphatic carbocycles. The molecule has 0 aliphatic rings. The average Bonchev–Trinajstić information content (AvgIpc) is 2.20. The Hall–Kier alpha value is -1.26. The van der Waals surface area contributed by atoms with E-state index in [2.05, 4.69) is 4.90 Å². The van der Waals surface area contributed by atoms with Crippen LogP contribution in [0.25, 0.3) is 0 Å². The molecule has 0 radical (unpaired) electrons. The van der Waals surface area contributed by atoms with Crippen LogP contribution in [0.5, 0.6) is 5.75 Å². The summed E-state index contributed by atoms with van der Waals surface area (Å²) in [4.78, 5) is 2.13. The van der Waals surface area contributed by atoms with Crippen LogP contribution in [0.3, 0.4) is 0 Å². The average molecular weight is 210 g/mol. The molecule has 0 fully saturated rings. The van der Waals surface area contributed by atoms with Gasteiger partial charge >= 0.3 is 0 Å². The second-order valence-corrected chi connectivity index (χ2v) is 3.62. The summed E-state index contributed by atoms with van der Waals surface area (Å²) in [5.74, 6) is 0.137. The number of ether oxygens (including phenoxy) is 1. The lowest BCUT2D eigenvalue weighted by molar-refractivity contribution is 0.158. The van der Waals surface area contributed by atoms with E-state index in [1.165, 1.54) is 0 Å². The second-order valence-electron chi connectivity index (χ2n) is 3.62.